The number of fused-ring (bicyclic) bond motifs is 1. The van der Waals surface area contributed by atoms with E-state index in [1.807, 2.05) is 0 Å². The molecule has 2 aromatic rings. The molecule has 4 heteroatoms. The molecule has 0 radical (unpaired) electrons. The second-order valence-electron chi connectivity index (χ2n) is 9.04. The van der Waals surface area contributed by atoms with Crippen molar-refractivity contribution >= 4 is 28.7 Å². The fourth-order valence-electron chi connectivity index (χ4n) is 4.31. The standard InChI is InChI=1S/C27H39N3S/c1-6-8-15-29-16-9-10-24-18-23(13-14-26(24)29)19-30(22(5)7-2)27(31)28-25-17-20(3)11-12-21(25)4/h11-14,17-18,22H,6-10,15-16,19H2,1-5H3,(H,28,31)/t22-/m1/s1. The lowest BCUT2D eigenvalue weighted by molar-refractivity contribution is 0.319. The number of aryl methyl sites for hydroxylation is 3. The van der Waals surface area contributed by atoms with Crippen molar-refractivity contribution < 1.29 is 0 Å². The molecule has 31 heavy (non-hydrogen) atoms. The zero-order valence-electron chi connectivity index (χ0n) is 20.0. The first-order valence-corrected chi connectivity index (χ1v) is 12.3. The predicted octanol–water partition coefficient (Wildman–Crippen LogP) is 6.85. The van der Waals surface area contributed by atoms with Crippen LogP contribution in [0.5, 0.6) is 0 Å². The number of nitrogens with zero attached hydrogens (tertiary/aromatic N) is 2. The Bertz CT molecular complexity index is 892. The Morgan fingerprint density at radius 1 is 1.16 bits per heavy atom. The Balaban J connectivity index is 1.78. The number of benzene rings is 2. The van der Waals surface area contributed by atoms with E-state index in [9.17, 15) is 0 Å². The molecule has 0 spiro atoms. The minimum atomic E-state index is 0.377. The van der Waals surface area contributed by atoms with Crippen molar-refractivity contribution in [2.24, 2.45) is 0 Å². The lowest BCUT2D eigenvalue weighted by Gasteiger charge is -2.34. The molecule has 0 fully saturated rings. The van der Waals surface area contributed by atoms with E-state index >= 15 is 0 Å². The van der Waals surface area contributed by atoms with Gasteiger partial charge in [0, 0.05) is 37.1 Å². The van der Waals surface area contributed by atoms with Gasteiger partial charge in [-0.05, 0) is 93.1 Å². The van der Waals surface area contributed by atoms with Crippen molar-refractivity contribution in [2.75, 3.05) is 23.3 Å². The number of nitrogens with one attached hydrogen (secondary N) is 1. The van der Waals surface area contributed by atoms with E-state index in [2.05, 4.69) is 86.1 Å². The third-order valence-electron chi connectivity index (χ3n) is 6.51. The van der Waals surface area contributed by atoms with Crippen LogP contribution in [0.25, 0.3) is 0 Å². The molecule has 3 nitrogen and oxygen atoms in total. The van der Waals surface area contributed by atoms with Crippen molar-refractivity contribution in [3.05, 3.63) is 58.7 Å². The van der Waals surface area contributed by atoms with Gasteiger partial charge in [-0.15, -0.1) is 0 Å². The molecule has 0 bridgehead atoms. The van der Waals surface area contributed by atoms with Gasteiger partial charge in [0.15, 0.2) is 5.11 Å². The van der Waals surface area contributed by atoms with Crippen LogP contribution in [0.2, 0.25) is 0 Å². The summed E-state index contributed by atoms with van der Waals surface area (Å²) in [5.74, 6) is 0. The molecule has 0 unspecified atom stereocenters. The molecule has 0 aliphatic carbocycles. The van der Waals surface area contributed by atoms with Gasteiger partial charge in [-0.2, -0.15) is 0 Å². The first kappa shape index (κ1) is 23.6. The molecule has 2 aromatic carbocycles. The van der Waals surface area contributed by atoms with Crippen LogP contribution in [0.4, 0.5) is 11.4 Å². The van der Waals surface area contributed by atoms with Crippen molar-refractivity contribution in [3.8, 4) is 0 Å². The lowest BCUT2D eigenvalue weighted by Crippen LogP contribution is -2.40. The smallest absolute Gasteiger partial charge is 0.173 e. The highest BCUT2D eigenvalue weighted by atomic mass is 32.1. The van der Waals surface area contributed by atoms with Crippen molar-refractivity contribution in [3.63, 3.8) is 0 Å². The monoisotopic (exact) mass is 437 g/mol. The maximum absolute atomic E-state index is 5.90. The highest BCUT2D eigenvalue weighted by molar-refractivity contribution is 7.80. The highest BCUT2D eigenvalue weighted by Crippen LogP contribution is 2.29. The number of unbranched alkanes of at least 4 members (excludes halogenated alkanes) is 1. The quantitative estimate of drug-likeness (QED) is 0.455. The lowest BCUT2D eigenvalue weighted by atomic mass is 9.98. The molecule has 168 valence electrons. The van der Waals surface area contributed by atoms with Crippen LogP contribution < -0.4 is 10.2 Å². The first-order chi connectivity index (χ1) is 14.9. The molecule has 0 saturated heterocycles. The summed E-state index contributed by atoms with van der Waals surface area (Å²) in [7, 11) is 0. The van der Waals surface area contributed by atoms with E-state index in [1.54, 1.807) is 0 Å². The number of rotatable bonds is 8. The van der Waals surface area contributed by atoms with Gasteiger partial charge in [-0.25, -0.2) is 0 Å². The molecule has 1 aliphatic heterocycles. The normalized spacial score (nSPS) is 14.2. The molecule has 0 amide bonds. The van der Waals surface area contributed by atoms with E-state index in [4.69, 9.17) is 12.2 Å². The summed E-state index contributed by atoms with van der Waals surface area (Å²) >= 11 is 5.90. The SMILES string of the molecule is CCCCN1CCCc2cc(CN(C(=S)Nc3cc(C)ccc3C)[C@H](C)CC)ccc21. The van der Waals surface area contributed by atoms with E-state index < -0.39 is 0 Å². The summed E-state index contributed by atoms with van der Waals surface area (Å²) in [6.07, 6.45) is 6.01. The van der Waals surface area contributed by atoms with Gasteiger partial charge in [0.1, 0.15) is 0 Å². The number of hydrogen-bond donors (Lipinski definition) is 1. The fraction of sp³-hybridized carbons (Fsp3) is 0.519. The molecule has 1 atom stereocenters. The van der Waals surface area contributed by atoms with Gasteiger partial charge in [0.2, 0.25) is 0 Å². The maximum atomic E-state index is 5.90. The van der Waals surface area contributed by atoms with Crippen LogP contribution in [-0.4, -0.2) is 29.1 Å². The first-order valence-electron chi connectivity index (χ1n) is 11.9. The second kappa shape index (κ2) is 11.0. The minimum absolute atomic E-state index is 0.377. The Labute approximate surface area is 194 Å². The molecular weight excluding hydrogens is 398 g/mol. The molecule has 1 aliphatic rings. The summed E-state index contributed by atoms with van der Waals surface area (Å²) in [4.78, 5) is 4.92. The van der Waals surface area contributed by atoms with Gasteiger partial charge in [-0.3, -0.25) is 0 Å². The maximum Gasteiger partial charge on any atom is 0.173 e. The Hall–Kier alpha value is -2.07. The van der Waals surface area contributed by atoms with Gasteiger partial charge >= 0.3 is 0 Å². The molecule has 0 aromatic heterocycles. The zero-order chi connectivity index (χ0) is 22.4. The summed E-state index contributed by atoms with van der Waals surface area (Å²) in [6, 6.07) is 13.9. The number of anilines is 2. The second-order valence-corrected chi connectivity index (χ2v) is 9.43. The van der Waals surface area contributed by atoms with Gasteiger partial charge < -0.3 is 15.1 Å². The van der Waals surface area contributed by atoms with Crippen LogP contribution in [0.1, 0.15) is 68.7 Å². The van der Waals surface area contributed by atoms with E-state index in [1.165, 1.54) is 66.7 Å². The van der Waals surface area contributed by atoms with Crippen LogP contribution in [0.3, 0.4) is 0 Å². The number of hydrogen-bond acceptors (Lipinski definition) is 2. The summed E-state index contributed by atoms with van der Waals surface area (Å²) in [5, 5.41) is 4.34. The van der Waals surface area contributed by atoms with Gasteiger partial charge in [0.25, 0.3) is 0 Å². The highest BCUT2D eigenvalue weighted by Gasteiger charge is 2.20. The van der Waals surface area contributed by atoms with E-state index in [-0.39, 0.29) is 0 Å². The van der Waals surface area contributed by atoms with Crippen molar-refractivity contribution in [1.82, 2.24) is 4.90 Å². The Morgan fingerprint density at radius 3 is 2.71 bits per heavy atom. The van der Waals surface area contributed by atoms with Crippen molar-refractivity contribution in [1.29, 1.82) is 0 Å². The van der Waals surface area contributed by atoms with Crippen LogP contribution in [0, 0.1) is 13.8 Å². The predicted molar refractivity (Wildman–Crippen MR) is 139 cm³/mol. The summed E-state index contributed by atoms with van der Waals surface area (Å²) < 4.78 is 0. The summed E-state index contributed by atoms with van der Waals surface area (Å²) in [5.41, 5.74) is 7.86. The molecule has 1 N–H and O–H groups in total. The molecular formula is C27H39N3S. The molecule has 0 saturated carbocycles. The Morgan fingerprint density at radius 2 is 1.97 bits per heavy atom. The van der Waals surface area contributed by atoms with Crippen LogP contribution in [-0.2, 0) is 13.0 Å². The average molecular weight is 438 g/mol. The third kappa shape index (κ3) is 6.00. The van der Waals surface area contributed by atoms with Crippen LogP contribution >= 0.6 is 12.2 Å². The molecule has 3 rings (SSSR count). The topological polar surface area (TPSA) is 18.5 Å². The van der Waals surface area contributed by atoms with E-state index in [0.29, 0.717) is 6.04 Å². The number of thiocarbonyl (C=S) groups is 1. The average Bonchev–Trinajstić information content (AvgIpc) is 2.77. The van der Waals surface area contributed by atoms with Gasteiger partial charge in [0.05, 0.1) is 0 Å². The van der Waals surface area contributed by atoms with E-state index in [0.717, 1.165) is 23.8 Å². The fourth-order valence-corrected chi connectivity index (χ4v) is 4.66. The van der Waals surface area contributed by atoms with Crippen molar-refractivity contribution in [2.45, 2.75) is 79.3 Å². The molecule has 1 heterocycles. The minimum Gasteiger partial charge on any atom is -0.371 e. The van der Waals surface area contributed by atoms with Crippen LogP contribution in [0.15, 0.2) is 36.4 Å². The Kier molecular flexibility index (Phi) is 8.36. The summed E-state index contributed by atoms with van der Waals surface area (Å²) in [6.45, 7) is 14.2. The van der Waals surface area contributed by atoms with Gasteiger partial charge in [-0.1, -0.05) is 44.5 Å². The third-order valence-corrected chi connectivity index (χ3v) is 6.85. The largest absolute Gasteiger partial charge is 0.371 e. The zero-order valence-corrected chi connectivity index (χ0v) is 20.8.